The van der Waals surface area contributed by atoms with Gasteiger partial charge in [0.1, 0.15) is 0 Å². The second-order valence-electron chi connectivity index (χ2n) is 4.28. The average Bonchev–Trinajstić information content (AvgIpc) is 2.76. The van der Waals surface area contributed by atoms with E-state index in [1.54, 1.807) is 11.8 Å². The molecule has 1 saturated heterocycles. The minimum Gasteiger partial charge on any atom is -0.337 e. The SMILES string of the molecule is CCS(=O)(=O)N(C)CC(=O)N1CCCC1CN.Cl. The van der Waals surface area contributed by atoms with Crippen LogP contribution in [0.5, 0.6) is 0 Å². The largest absolute Gasteiger partial charge is 0.337 e. The van der Waals surface area contributed by atoms with Crippen LogP contribution in [0.3, 0.4) is 0 Å². The van der Waals surface area contributed by atoms with Gasteiger partial charge in [-0.2, -0.15) is 4.31 Å². The Balaban J connectivity index is 0.00000289. The van der Waals surface area contributed by atoms with Gasteiger partial charge in [0.2, 0.25) is 15.9 Å². The summed E-state index contributed by atoms with van der Waals surface area (Å²) in [5.41, 5.74) is 5.58. The zero-order valence-electron chi connectivity index (χ0n) is 10.8. The highest BCUT2D eigenvalue weighted by Crippen LogP contribution is 2.16. The van der Waals surface area contributed by atoms with E-state index in [0.29, 0.717) is 13.1 Å². The van der Waals surface area contributed by atoms with Crippen molar-refractivity contribution in [3.05, 3.63) is 0 Å². The molecule has 0 aromatic rings. The summed E-state index contributed by atoms with van der Waals surface area (Å²) < 4.78 is 24.2. The maximum absolute atomic E-state index is 12.0. The molecule has 1 amide bonds. The average molecular weight is 300 g/mol. The third-order valence-electron chi connectivity index (χ3n) is 3.17. The number of nitrogens with two attached hydrogens (primary N) is 1. The van der Waals surface area contributed by atoms with Crippen molar-refractivity contribution in [1.82, 2.24) is 9.21 Å². The van der Waals surface area contributed by atoms with Crippen LogP contribution in [-0.2, 0) is 14.8 Å². The quantitative estimate of drug-likeness (QED) is 0.751. The Labute approximate surface area is 115 Å². The number of rotatable bonds is 5. The van der Waals surface area contributed by atoms with Gasteiger partial charge in [0.15, 0.2) is 0 Å². The van der Waals surface area contributed by atoms with Gasteiger partial charge in [-0.15, -0.1) is 12.4 Å². The fraction of sp³-hybridized carbons (Fsp3) is 0.900. The fourth-order valence-corrected chi connectivity index (χ4v) is 2.76. The van der Waals surface area contributed by atoms with Gasteiger partial charge in [-0.05, 0) is 19.8 Å². The van der Waals surface area contributed by atoms with Crippen LogP contribution in [0, 0.1) is 0 Å². The van der Waals surface area contributed by atoms with Crippen LogP contribution in [0.15, 0.2) is 0 Å². The van der Waals surface area contributed by atoms with Gasteiger partial charge >= 0.3 is 0 Å². The molecular weight excluding hydrogens is 278 g/mol. The lowest BCUT2D eigenvalue weighted by atomic mass is 10.2. The van der Waals surface area contributed by atoms with Gasteiger partial charge in [-0.1, -0.05) is 0 Å². The minimum atomic E-state index is -3.29. The van der Waals surface area contributed by atoms with Crippen LogP contribution in [0.4, 0.5) is 0 Å². The first-order valence-corrected chi connectivity index (χ1v) is 7.46. The number of hydrogen-bond acceptors (Lipinski definition) is 4. The first kappa shape index (κ1) is 17.6. The van der Waals surface area contributed by atoms with E-state index >= 15 is 0 Å². The zero-order valence-corrected chi connectivity index (χ0v) is 12.5. The van der Waals surface area contributed by atoms with Gasteiger partial charge < -0.3 is 10.6 Å². The van der Waals surface area contributed by atoms with E-state index in [4.69, 9.17) is 5.73 Å². The third kappa shape index (κ3) is 4.08. The number of carbonyl (C=O) groups excluding carboxylic acids is 1. The number of likely N-dealkylation sites (N-methyl/N-ethyl adjacent to an activating group) is 1. The van der Waals surface area contributed by atoms with Crippen LogP contribution in [-0.4, -0.2) is 62.0 Å². The highest BCUT2D eigenvalue weighted by atomic mass is 35.5. The molecule has 0 aromatic heterocycles. The minimum absolute atomic E-state index is 0. The second-order valence-corrected chi connectivity index (χ2v) is 6.64. The van der Waals surface area contributed by atoms with Crippen LogP contribution >= 0.6 is 12.4 Å². The molecule has 1 aliphatic rings. The van der Waals surface area contributed by atoms with Crippen molar-refractivity contribution >= 4 is 28.3 Å². The van der Waals surface area contributed by atoms with E-state index in [-0.39, 0.29) is 36.7 Å². The summed E-state index contributed by atoms with van der Waals surface area (Å²) in [5, 5.41) is 0. The Morgan fingerprint density at radius 2 is 2.11 bits per heavy atom. The Hall–Kier alpha value is -0.370. The first-order valence-electron chi connectivity index (χ1n) is 5.86. The maximum Gasteiger partial charge on any atom is 0.238 e. The number of nitrogens with zero attached hydrogens (tertiary/aromatic N) is 2. The molecule has 8 heteroatoms. The van der Waals surface area contributed by atoms with Crippen molar-refractivity contribution in [2.45, 2.75) is 25.8 Å². The molecule has 0 spiro atoms. The molecule has 1 heterocycles. The lowest BCUT2D eigenvalue weighted by Gasteiger charge is -2.25. The summed E-state index contributed by atoms with van der Waals surface area (Å²) in [4.78, 5) is 13.6. The third-order valence-corrected chi connectivity index (χ3v) is 4.98. The van der Waals surface area contributed by atoms with E-state index in [2.05, 4.69) is 0 Å². The van der Waals surface area contributed by atoms with Crippen LogP contribution in [0.2, 0.25) is 0 Å². The van der Waals surface area contributed by atoms with E-state index in [9.17, 15) is 13.2 Å². The summed E-state index contributed by atoms with van der Waals surface area (Å²) in [6, 6.07) is 0.0697. The van der Waals surface area contributed by atoms with Gasteiger partial charge in [-0.3, -0.25) is 4.79 Å². The summed E-state index contributed by atoms with van der Waals surface area (Å²) in [6.45, 7) is 2.60. The summed E-state index contributed by atoms with van der Waals surface area (Å²) in [6.07, 6.45) is 1.85. The Morgan fingerprint density at radius 3 is 2.61 bits per heavy atom. The van der Waals surface area contributed by atoms with Gasteiger partial charge in [0.05, 0.1) is 12.3 Å². The molecule has 6 nitrogen and oxygen atoms in total. The van der Waals surface area contributed by atoms with Crippen LogP contribution in [0.1, 0.15) is 19.8 Å². The lowest BCUT2D eigenvalue weighted by Crippen LogP contribution is -2.45. The summed E-state index contributed by atoms with van der Waals surface area (Å²) in [5.74, 6) is -0.144. The predicted octanol–water partition coefficient (Wildman–Crippen LogP) is -0.361. The monoisotopic (exact) mass is 299 g/mol. The van der Waals surface area contributed by atoms with Gasteiger partial charge in [0.25, 0.3) is 0 Å². The van der Waals surface area contributed by atoms with Crippen LogP contribution < -0.4 is 5.73 Å². The number of hydrogen-bond donors (Lipinski definition) is 1. The fourth-order valence-electron chi connectivity index (χ4n) is 2.01. The summed E-state index contributed by atoms with van der Waals surface area (Å²) >= 11 is 0. The molecule has 2 N–H and O–H groups in total. The Kier molecular flexibility index (Phi) is 7.13. The van der Waals surface area contributed by atoms with Crippen molar-refractivity contribution in [2.24, 2.45) is 5.73 Å². The molecule has 0 bridgehead atoms. The van der Waals surface area contributed by atoms with Crippen molar-refractivity contribution in [3.8, 4) is 0 Å². The second kappa shape index (κ2) is 7.28. The maximum atomic E-state index is 12.0. The Morgan fingerprint density at radius 1 is 1.50 bits per heavy atom. The van der Waals surface area contributed by atoms with Crippen molar-refractivity contribution in [2.75, 3.05) is 32.4 Å². The number of amides is 1. The molecule has 1 aliphatic heterocycles. The molecule has 0 aliphatic carbocycles. The molecular formula is C10H22ClN3O3S. The lowest BCUT2D eigenvalue weighted by molar-refractivity contribution is -0.131. The molecule has 0 radical (unpaired) electrons. The predicted molar refractivity (Wildman–Crippen MR) is 73.1 cm³/mol. The number of carbonyl (C=O) groups is 1. The highest BCUT2D eigenvalue weighted by Gasteiger charge is 2.29. The van der Waals surface area contributed by atoms with E-state index in [0.717, 1.165) is 17.1 Å². The number of likely N-dealkylation sites (tertiary alicyclic amines) is 1. The van der Waals surface area contributed by atoms with E-state index in [1.807, 2.05) is 0 Å². The van der Waals surface area contributed by atoms with E-state index in [1.165, 1.54) is 7.05 Å². The zero-order chi connectivity index (χ0) is 13.1. The number of halogens is 1. The molecule has 1 rings (SSSR count). The summed E-state index contributed by atoms with van der Waals surface area (Å²) in [7, 11) is -1.86. The molecule has 108 valence electrons. The normalized spacial score (nSPS) is 20.0. The molecule has 1 unspecified atom stereocenters. The molecule has 0 aromatic carbocycles. The molecule has 1 atom stereocenters. The molecule has 18 heavy (non-hydrogen) atoms. The van der Waals surface area contributed by atoms with Crippen molar-refractivity contribution < 1.29 is 13.2 Å². The first-order chi connectivity index (χ1) is 7.92. The van der Waals surface area contributed by atoms with Gasteiger partial charge in [0, 0.05) is 26.2 Å². The topological polar surface area (TPSA) is 83.7 Å². The van der Waals surface area contributed by atoms with Crippen LogP contribution in [0.25, 0.3) is 0 Å². The van der Waals surface area contributed by atoms with E-state index < -0.39 is 10.0 Å². The Bertz CT molecular complexity index is 375. The van der Waals surface area contributed by atoms with Crippen molar-refractivity contribution in [1.29, 1.82) is 0 Å². The number of sulfonamides is 1. The highest BCUT2D eigenvalue weighted by molar-refractivity contribution is 7.89. The van der Waals surface area contributed by atoms with Gasteiger partial charge in [-0.25, -0.2) is 8.42 Å². The molecule has 0 saturated carbocycles. The standard InChI is InChI=1S/C10H21N3O3S.ClH/c1-3-17(15,16)12(2)8-10(14)13-6-4-5-9(13)7-11;/h9H,3-8,11H2,1-2H3;1H. The molecule has 1 fully saturated rings. The smallest absolute Gasteiger partial charge is 0.238 e. The van der Waals surface area contributed by atoms with Crippen molar-refractivity contribution in [3.63, 3.8) is 0 Å².